The van der Waals surface area contributed by atoms with E-state index >= 15 is 0 Å². The molecule has 0 N–H and O–H groups in total. The maximum atomic E-state index is 7.41. The Hall–Kier alpha value is -3.77. The van der Waals surface area contributed by atoms with Crippen LogP contribution in [0, 0.1) is 40.3 Å². The fourth-order valence-electron chi connectivity index (χ4n) is 5.21. The summed E-state index contributed by atoms with van der Waals surface area (Å²) in [5.74, 6) is 0.810. The smallest absolute Gasteiger partial charge is 0.109 e. The third-order valence-electron chi connectivity index (χ3n) is 6.88. The van der Waals surface area contributed by atoms with E-state index in [2.05, 4.69) is 103 Å². The monoisotopic (exact) mass is 659 g/mol. The van der Waals surface area contributed by atoms with Gasteiger partial charge in [0, 0.05) is 39.0 Å². The number of benzene rings is 4. The maximum Gasteiger partial charge on any atom is 0.109 e. The van der Waals surface area contributed by atoms with Crippen LogP contribution in [-0.2, 0) is 26.7 Å². The van der Waals surface area contributed by atoms with Gasteiger partial charge in [-0.25, -0.2) is 0 Å². The maximum absolute atomic E-state index is 7.41. The molecular weight excluding hydrogens is 631 g/mol. The fourth-order valence-corrected chi connectivity index (χ4v) is 5.21. The van der Waals surface area contributed by atoms with E-state index < -0.39 is 0 Å². The molecule has 37 heavy (non-hydrogen) atoms. The largest absolute Gasteiger partial charge is 0.366 e. The summed E-state index contributed by atoms with van der Waals surface area (Å²) in [4.78, 5) is 8.26. The topological polar surface area (TPSA) is 22.2 Å². The fraction of sp³-hybridized carbons (Fsp3) is 0.152. The Morgan fingerprint density at radius 2 is 1.35 bits per heavy atom. The summed E-state index contributed by atoms with van der Waals surface area (Å²) in [6.07, 6.45) is 3.84. The van der Waals surface area contributed by atoms with E-state index in [0.717, 1.165) is 11.4 Å². The van der Waals surface area contributed by atoms with Crippen LogP contribution in [0.2, 0.25) is 0 Å². The number of aryl methyl sites for hydroxylation is 4. The van der Waals surface area contributed by atoms with Crippen molar-refractivity contribution in [1.29, 1.82) is 0 Å². The Kier molecular flexibility index (Phi) is 7.88. The summed E-state index contributed by atoms with van der Waals surface area (Å²) in [7, 11) is 0. The Morgan fingerprint density at radius 3 is 1.89 bits per heavy atom. The third-order valence-corrected chi connectivity index (χ3v) is 6.88. The molecule has 0 aliphatic carbocycles. The predicted molar refractivity (Wildman–Crippen MR) is 148 cm³/mol. The summed E-state index contributed by atoms with van der Waals surface area (Å²) >= 11 is 0. The molecule has 185 valence electrons. The summed E-state index contributed by atoms with van der Waals surface area (Å²) in [5, 5.41) is 0. The first kappa shape index (κ1) is 26.3. The first-order valence-electron chi connectivity index (χ1n) is 12.1. The molecule has 1 radical (unpaired) electrons. The molecular formula is C33H28IrN3-. The molecule has 0 fully saturated rings. The van der Waals surface area contributed by atoms with E-state index in [4.69, 9.17) is 6.57 Å². The molecule has 0 aliphatic rings. The predicted octanol–water partition coefficient (Wildman–Crippen LogP) is 8.51. The Bertz CT molecular complexity index is 1510. The Morgan fingerprint density at radius 1 is 0.811 bits per heavy atom. The molecule has 1 heterocycles. The minimum absolute atomic E-state index is 0. The van der Waals surface area contributed by atoms with Gasteiger partial charge in [0.1, 0.15) is 5.69 Å². The van der Waals surface area contributed by atoms with Crippen LogP contribution in [0.15, 0.2) is 85.2 Å². The van der Waals surface area contributed by atoms with Gasteiger partial charge in [-0.05, 0) is 77.8 Å². The van der Waals surface area contributed by atoms with Crippen molar-refractivity contribution in [2.45, 2.75) is 34.2 Å². The van der Waals surface area contributed by atoms with Crippen molar-refractivity contribution in [3.05, 3.63) is 130 Å². The molecule has 5 aromatic rings. The van der Waals surface area contributed by atoms with Crippen LogP contribution >= 0.6 is 0 Å². The molecule has 0 amide bonds. The number of aromatic nitrogens is 2. The van der Waals surface area contributed by atoms with Gasteiger partial charge in [0.15, 0.2) is 0 Å². The second kappa shape index (κ2) is 11.1. The molecule has 0 atom stereocenters. The van der Waals surface area contributed by atoms with E-state index in [1.54, 1.807) is 12.1 Å². The summed E-state index contributed by atoms with van der Waals surface area (Å²) in [5.41, 5.74) is 12.8. The molecule has 4 heteroatoms. The molecule has 1 aromatic heterocycles. The SMILES string of the molecule is [C-]#[N+]c1cc[c-]c(-c2nccn2Cc2c(-c3c(C)cccc3C)cccc2-c2c(C)cccc2C)c1.[Ir]. The van der Waals surface area contributed by atoms with Crippen LogP contribution in [-0.4, -0.2) is 9.55 Å². The second-order valence-corrected chi connectivity index (χ2v) is 9.32. The molecule has 0 unspecified atom stereocenters. The number of imidazole rings is 1. The van der Waals surface area contributed by atoms with Crippen molar-refractivity contribution in [3.63, 3.8) is 0 Å². The molecule has 0 saturated carbocycles. The van der Waals surface area contributed by atoms with Crippen molar-refractivity contribution in [2.24, 2.45) is 0 Å². The van der Waals surface area contributed by atoms with Crippen LogP contribution in [0.4, 0.5) is 5.69 Å². The van der Waals surface area contributed by atoms with E-state index in [0.29, 0.717) is 12.2 Å². The van der Waals surface area contributed by atoms with Gasteiger partial charge in [-0.1, -0.05) is 54.6 Å². The zero-order valence-corrected chi connectivity index (χ0v) is 23.9. The standard InChI is InChI=1S/C33H28N3.Ir/c1-22-10-6-11-23(2)31(22)28-16-9-17-29(32-24(3)12-7-13-25(32)4)30(28)21-36-19-18-35-33(36)26-14-8-15-27(20-26)34-5;/h6-13,15-20H,21H2,1-4H3;/q-1;. The normalized spacial score (nSPS) is 10.6. The summed E-state index contributed by atoms with van der Waals surface area (Å²) < 4.78 is 2.17. The quantitative estimate of drug-likeness (QED) is 0.174. The van der Waals surface area contributed by atoms with Crippen LogP contribution in [0.25, 0.3) is 38.5 Å². The third kappa shape index (κ3) is 5.07. The van der Waals surface area contributed by atoms with Gasteiger partial charge >= 0.3 is 0 Å². The van der Waals surface area contributed by atoms with Crippen LogP contribution in [0.3, 0.4) is 0 Å². The Balaban J connectivity index is 0.00000320. The molecule has 4 aromatic carbocycles. The van der Waals surface area contributed by atoms with Crippen LogP contribution < -0.4 is 0 Å². The van der Waals surface area contributed by atoms with Gasteiger partial charge in [-0.15, -0.1) is 23.8 Å². The van der Waals surface area contributed by atoms with Gasteiger partial charge in [0.25, 0.3) is 0 Å². The van der Waals surface area contributed by atoms with Crippen molar-refractivity contribution >= 4 is 5.69 Å². The minimum Gasteiger partial charge on any atom is -0.366 e. The summed E-state index contributed by atoms with van der Waals surface area (Å²) in [6.45, 7) is 16.8. The van der Waals surface area contributed by atoms with E-state index in [1.165, 1.54) is 50.1 Å². The zero-order chi connectivity index (χ0) is 25.2. The molecule has 0 aliphatic heterocycles. The molecule has 0 bridgehead atoms. The average molecular weight is 659 g/mol. The van der Waals surface area contributed by atoms with Gasteiger partial charge < -0.3 is 4.57 Å². The zero-order valence-electron chi connectivity index (χ0n) is 21.5. The number of hydrogen-bond donors (Lipinski definition) is 0. The van der Waals surface area contributed by atoms with Gasteiger partial charge in [0.2, 0.25) is 0 Å². The molecule has 5 rings (SSSR count). The van der Waals surface area contributed by atoms with Crippen molar-refractivity contribution in [2.75, 3.05) is 0 Å². The molecule has 3 nitrogen and oxygen atoms in total. The van der Waals surface area contributed by atoms with E-state index in [9.17, 15) is 0 Å². The summed E-state index contributed by atoms with van der Waals surface area (Å²) in [6, 6.07) is 28.4. The van der Waals surface area contributed by atoms with E-state index in [-0.39, 0.29) is 20.1 Å². The minimum atomic E-state index is 0. The second-order valence-electron chi connectivity index (χ2n) is 9.32. The van der Waals surface area contributed by atoms with Crippen molar-refractivity contribution in [1.82, 2.24) is 9.55 Å². The van der Waals surface area contributed by atoms with Crippen LogP contribution in [0.1, 0.15) is 27.8 Å². The first-order valence-corrected chi connectivity index (χ1v) is 12.1. The van der Waals surface area contributed by atoms with Crippen molar-refractivity contribution in [3.8, 4) is 33.6 Å². The molecule has 0 saturated heterocycles. The van der Waals surface area contributed by atoms with Gasteiger partial charge in [0.05, 0.1) is 12.4 Å². The van der Waals surface area contributed by atoms with Gasteiger partial charge in [-0.2, -0.15) is 6.07 Å². The number of hydrogen-bond acceptors (Lipinski definition) is 1. The van der Waals surface area contributed by atoms with Crippen molar-refractivity contribution < 1.29 is 20.1 Å². The Labute approximate surface area is 233 Å². The molecule has 0 spiro atoms. The first-order chi connectivity index (χ1) is 17.5. The average Bonchev–Trinajstić information content (AvgIpc) is 3.33. The number of rotatable bonds is 5. The number of nitrogens with zero attached hydrogens (tertiary/aromatic N) is 3. The van der Waals surface area contributed by atoms with E-state index in [1.807, 2.05) is 18.5 Å². The van der Waals surface area contributed by atoms with Crippen LogP contribution in [0.5, 0.6) is 0 Å². The van der Waals surface area contributed by atoms with Gasteiger partial charge in [-0.3, -0.25) is 9.83 Å².